The average molecular weight is 345 g/mol. The van der Waals surface area contributed by atoms with E-state index in [1.165, 1.54) is 0 Å². The molecule has 1 N–H and O–H groups in total. The van der Waals surface area contributed by atoms with Crippen LogP contribution in [0, 0.1) is 0 Å². The van der Waals surface area contributed by atoms with Crippen molar-refractivity contribution in [1.29, 1.82) is 0 Å². The molecule has 26 heavy (non-hydrogen) atoms. The van der Waals surface area contributed by atoms with Gasteiger partial charge in [-0.05, 0) is 42.7 Å². The lowest BCUT2D eigenvalue weighted by Crippen LogP contribution is -2.40. The SMILES string of the molecule is COC1CC(Nc2ncc3c(-c4ccc5ncccc5c4)ccn3n2)C1. The Morgan fingerprint density at radius 3 is 2.96 bits per heavy atom. The van der Waals surface area contributed by atoms with Crippen molar-refractivity contribution in [1.82, 2.24) is 19.6 Å². The molecule has 1 aromatic carbocycles. The molecule has 0 saturated heterocycles. The van der Waals surface area contributed by atoms with Gasteiger partial charge in [0.15, 0.2) is 0 Å². The zero-order valence-electron chi connectivity index (χ0n) is 14.5. The Hall–Kier alpha value is -2.99. The van der Waals surface area contributed by atoms with Gasteiger partial charge < -0.3 is 10.1 Å². The van der Waals surface area contributed by atoms with E-state index in [1.54, 1.807) is 7.11 Å². The molecule has 0 spiro atoms. The standard InChI is InChI=1S/C20H19N5O/c1-26-16-10-15(11-16)23-20-22-12-19-17(6-8-25(19)24-20)13-4-5-18-14(9-13)3-2-7-21-18/h2-9,12,15-16H,10-11H2,1H3,(H,23,24). The van der Waals surface area contributed by atoms with Crippen LogP contribution in [0.4, 0.5) is 5.95 Å². The van der Waals surface area contributed by atoms with E-state index in [2.05, 4.69) is 44.6 Å². The Labute approximate surface area is 150 Å². The number of aromatic nitrogens is 4. The van der Waals surface area contributed by atoms with Crippen LogP contribution in [-0.4, -0.2) is 38.8 Å². The van der Waals surface area contributed by atoms with Gasteiger partial charge in [0.05, 0.1) is 23.3 Å². The van der Waals surface area contributed by atoms with E-state index in [0.717, 1.165) is 40.4 Å². The fourth-order valence-corrected chi connectivity index (χ4v) is 3.51. The number of methoxy groups -OCH3 is 1. The van der Waals surface area contributed by atoms with E-state index in [-0.39, 0.29) is 0 Å². The van der Waals surface area contributed by atoms with Gasteiger partial charge >= 0.3 is 0 Å². The molecule has 1 saturated carbocycles. The van der Waals surface area contributed by atoms with Crippen molar-refractivity contribution in [2.75, 3.05) is 12.4 Å². The fraction of sp³-hybridized carbons (Fsp3) is 0.250. The van der Waals surface area contributed by atoms with E-state index < -0.39 is 0 Å². The van der Waals surface area contributed by atoms with Crippen molar-refractivity contribution in [3.63, 3.8) is 0 Å². The van der Waals surface area contributed by atoms with Gasteiger partial charge in [-0.15, -0.1) is 5.10 Å². The Balaban J connectivity index is 1.45. The van der Waals surface area contributed by atoms with Crippen LogP contribution < -0.4 is 5.32 Å². The Morgan fingerprint density at radius 1 is 1.15 bits per heavy atom. The number of benzene rings is 1. The summed E-state index contributed by atoms with van der Waals surface area (Å²) in [5.41, 5.74) is 4.24. The van der Waals surface area contributed by atoms with E-state index >= 15 is 0 Å². The van der Waals surface area contributed by atoms with Gasteiger partial charge in [-0.3, -0.25) is 4.98 Å². The minimum atomic E-state index is 0.358. The summed E-state index contributed by atoms with van der Waals surface area (Å²) in [7, 11) is 1.76. The average Bonchev–Trinajstić information content (AvgIpc) is 3.07. The summed E-state index contributed by atoms with van der Waals surface area (Å²) in [4.78, 5) is 8.89. The van der Waals surface area contributed by atoms with Gasteiger partial charge in [-0.2, -0.15) is 0 Å². The third-order valence-corrected chi connectivity index (χ3v) is 5.09. The van der Waals surface area contributed by atoms with Crippen LogP contribution in [0.15, 0.2) is 55.0 Å². The molecule has 0 bridgehead atoms. The van der Waals surface area contributed by atoms with E-state index in [9.17, 15) is 0 Å². The van der Waals surface area contributed by atoms with Crippen molar-refractivity contribution < 1.29 is 4.74 Å². The molecule has 6 heteroatoms. The van der Waals surface area contributed by atoms with Gasteiger partial charge in [0.2, 0.25) is 5.95 Å². The minimum Gasteiger partial charge on any atom is -0.381 e. The van der Waals surface area contributed by atoms with Crippen LogP contribution in [0.3, 0.4) is 0 Å². The first kappa shape index (κ1) is 15.3. The first-order valence-electron chi connectivity index (χ1n) is 8.79. The minimum absolute atomic E-state index is 0.358. The Bertz CT molecular complexity index is 1080. The number of hydrogen-bond acceptors (Lipinski definition) is 5. The normalized spacial score (nSPS) is 19.6. The number of rotatable bonds is 4. The number of hydrogen-bond donors (Lipinski definition) is 1. The predicted octanol–water partition coefficient (Wildman–Crippen LogP) is 3.53. The van der Waals surface area contributed by atoms with Crippen molar-refractivity contribution in [3.8, 4) is 11.1 Å². The molecule has 0 unspecified atom stereocenters. The van der Waals surface area contributed by atoms with Crippen molar-refractivity contribution in [2.24, 2.45) is 0 Å². The molecule has 6 nitrogen and oxygen atoms in total. The molecule has 1 aliphatic carbocycles. The van der Waals surface area contributed by atoms with Gasteiger partial charge in [0.25, 0.3) is 0 Å². The van der Waals surface area contributed by atoms with Gasteiger partial charge in [-0.25, -0.2) is 9.50 Å². The Kier molecular flexibility index (Phi) is 3.57. The van der Waals surface area contributed by atoms with Crippen molar-refractivity contribution in [2.45, 2.75) is 25.0 Å². The quantitative estimate of drug-likeness (QED) is 0.613. The van der Waals surface area contributed by atoms with Crippen LogP contribution in [-0.2, 0) is 4.74 Å². The zero-order valence-corrected chi connectivity index (χ0v) is 14.5. The highest BCUT2D eigenvalue weighted by Gasteiger charge is 2.29. The number of nitrogens with zero attached hydrogens (tertiary/aromatic N) is 4. The van der Waals surface area contributed by atoms with E-state index in [0.29, 0.717) is 18.1 Å². The highest BCUT2D eigenvalue weighted by Crippen LogP contribution is 2.29. The molecular formula is C20H19N5O. The summed E-state index contributed by atoms with van der Waals surface area (Å²) in [5.74, 6) is 0.655. The molecule has 0 amide bonds. The van der Waals surface area contributed by atoms with Crippen molar-refractivity contribution in [3.05, 3.63) is 55.0 Å². The summed E-state index contributed by atoms with van der Waals surface area (Å²) in [6.07, 6.45) is 8.03. The maximum absolute atomic E-state index is 5.32. The summed E-state index contributed by atoms with van der Waals surface area (Å²) < 4.78 is 7.20. The van der Waals surface area contributed by atoms with Gasteiger partial charge in [-0.1, -0.05) is 12.1 Å². The maximum Gasteiger partial charge on any atom is 0.241 e. The molecule has 1 aliphatic rings. The third kappa shape index (κ3) is 2.59. The second kappa shape index (κ2) is 6.07. The summed E-state index contributed by atoms with van der Waals surface area (Å²) >= 11 is 0. The molecule has 5 rings (SSSR count). The second-order valence-electron chi connectivity index (χ2n) is 6.72. The number of fused-ring (bicyclic) bond motifs is 2. The third-order valence-electron chi connectivity index (χ3n) is 5.09. The van der Waals surface area contributed by atoms with Gasteiger partial charge in [0, 0.05) is 36.5 Å². The fourth-order valence-electron chi connectivity index (χ4n) is 3.51. The summed E-state index contributed by atoms with van der Waals surface area (Å²) in [6, 6.07) is 12.8. The van der Waals surface area contributed by atoms with Crippen LogP contribution in [0.1, 0.15) is 12.8 Å². The highest BCUT2D eigenvalue weighted by molar-refractivity contribution is 5.88. The smallest absolute Gasteiger partial charge is 0.241 e. The molecule has 0 radical (unpaired) electrons. The number of nitrogens with one attached hydrogen (secondary N) is 1. The summed E-state index contributed by atoms with van der Waals surface area (Å²) in [5, 5.41) is 9.10. The topological polar surface area (TPSA) is 64.3 Å². The maximum atomic E-state index is 5.32. The van der Waals surface area contributed by atoms with Crippen molar-refractivity contribution >= 4 is 22.4 Å². The van der Waals surface area contributed by atoms with Crippen LogP contribution >= 0.6 is 0 Å². The number of ether oxygens (including phenoxy) is 1. The van der Waals surface area contributed by atoms with Gasteiger partial charge in [0.1, 0.15) is 0 Å². The number of pyridine rings is 1. The Morgan fingerprint density at radius 2 is 2.08 bits per heavy atom. The molecule has 4 aromatic rings. The monoisotopic (exact) mass is 345 g/mol. The molecule has 130 valence electrons. The first-order valence-corrected chi connectivity index (χ1v) is 8.79. The van der Waals surface area contributed by atoms with Crippen LogP contribution in [0.2, 0.25) is 0 Å². The largest absolute Gasteiger partial charge is 0.381 e. The van der Waals surface area contributed by atoms with Crippen LogP contribution in [0.5, 0.6) is 0 Å². The lowest BCUT2D eigenvalue weighted by atomic mass is 9.89. The molecule has 0 atom stereocenters. The van der Waals surface area contributed by atoms with E-state index in [4.69, 9.17) is 4.74 Å². The molecule has 3 heterocycles. The lowest BCUT2D eigenvalue weighted by Gasteiger charge is -2.34. The number of anilines is 1. The second-order valence-corrected chi connectivity index (χ2v) is 6.72. The first-order chi connectivity index (χ1) is 12.8. The molecule has 1 fully saturated rings. The predicted molar refractivity (Wildman–Crippen MR) is 101 cm³/mol. The summed E-state index contributed by atoms with van der Waals surface area (Å²) in [6.45, 7) is 0. The molecule has 0 aliphatic heterocycles. The lowest BCUT2D eigenvalue weighted by molar-refractivity contribution is 0.0326. The zero-order chi connectivity index (χ0) is 17.5. The molecule has 3 aromatic heterocycles. The van der Waals surface area contributed by atoms with E-state index in [1.807, 2.05) is 35.2 Å². The highest BCUT2D eigenvalue weighted by atomic mass is 16.5. The van der Waals surface area contributed by atoms with Crippen LogP contribution in [0.25, 0.3) is 27.5 Å². The molecular weight excluding hydrogens is 326 g/mol.